The Morgan fingerprint density at radius 1 is 1.50 bits per heavy atom. The van der Waals surface area contributed by atoms with Gasteiger partial charge in [-0.3, -0.25) is 9.78 Å². The highest BCUT2D eigenvalue weighted by Crippen LogP contribution is 2.29. The first-order chi connectivity index (χ1) is 8.59. The van der Waals surface area contributed by atoms with Crippen molar-refractivity contribution < 1.29 is 4.79 Å². The standard InChI is InChI=1S/C14H21N3O.2ClH/c1-14(2)6-4-8-16-12(14)10-17-13(18)11-5-3-7-15-9-11;;/h3,5,7,9,12,16H,4,6,8,10H2,1-2H3,(H,17,18);2*1H. The Kier molecular flexibility index (Phi) is 8.09. The lowest BCUT2D eigenvalue weighted by Gasteiger charge is -2.39. The van der Waals surface area contributed by atoms with Gasteiger partial charge >= 0.3 is 0 Å². The number of rotatable bonds is 3. The van der Waals surface area contributed by atoms with Gasteiger partial charge in [0.1, 0.15) is 0 Å². The molecule has 1 aromatic heterocycles. The van der Waals surface area contributed by atoms with Gasteiger partial charge in [-0.2, -0.15) is 0 Å². The van der Waals surface area contributed by atoms with Crippen LogP contribution in [0.25, 0.3) is 0 Å². The number of carbonyl (C=O) groups excluding carboxylic acids is 1. The molecule has 0 radical (unpaired) electrons. The number of hydrogen-bond donors (Lipinski definition) is 2. The molecule has 0 aliphatic carbocycles. The summed E-state index contributed by atoms with van der Waals surface area (Å²) < 4.78 is 0. The normalized spacial score (nSPS) is 20.2. The van der Waals surface area contributed by atoms with Crippen molar-refractivity contribution in [2.24, 2.45) is 5.41 Å². The molecule has 0 aromatic carbocycles. The maximum Gasteiger partial charge on any atom is 0.252 e. The molecule has 20 heavy (non-hydrogen) atoms. The molecule has 2 N–H and O–H groups in total. The van der Waals surface area contributed by atoms with Crippen LogP contribution in [-0.2, 0) is 0 Å². The molecule has 0 bridgehead atoms. The summed E-state index contributed by atoms with van der Waals surface area (Å²) in [6, 6.07) is 3.89. The molecule has 1 saturated heterocycles. The van der Waals surface area contributed by atoms with Gasteiger partial charge < -0.3 is 10.6 Å². The van der Waals surface area contributed by atoms with Crippen LogP contribution in [0, 0.1) is 5.41 Å². The summed E-state index contributed by atoms with van der Waals surface area (Å²) in [5, 5.41) is 6.47. The molecular weight excluding hydrogens is 297 g/mol. The fourth-order valence-electron chi connectivity index (χ4n) is 2.41. The van der Waals surface area contributed by atoms with Crippen LogP contribution in [0.5, 0.6) is 0 Å². The van der Waals surface area contributed by atoms with Gasteiger partial charge in [-0.25, -0.2) is 0 Å². The van der Waals surface area contributed by atoms with Crippen molar-refractivity contribution in [2.45, 2.75) is 32.7 Å². The van der Waals surface area contributed by atoms with Crippen molar-refractivity contribution in [2.75, 3.05) is 13.1 Å². The Balaban J connectivity index is 0.00000180. The van der Waals surface area contributed by atoms with Gasteiger partial charge in [0.25, 0.3) is 5.91 Å². The first-order valence-corrected chi connectivity index (χ1v) is 6.51. The summed E-state index contributed by atoms with van der Waals surface area (Å²) in [6.07, 6.45) is 5.67. The number of piperidine rings is 1. The molecule has 1 atom stereocenters. The first kappa shape index (κ1) is 19.2. The van der Waals surface area contributed by atoms with E-state index in [-0.39, 0.29) is 36.1 Å². The first-order valence-electron chi connectivity index (χ1n) is 6.51. The number of nitrogens with zero attached hydrogens (tertiary/aromatic N) is 1. The van der Waals surface area contributed by atoms with E-state index in [1.165, 1.54) is 12.8 Å². The summed E-state index contributed by atoms with van der Waals surface area (Å²) in [6.45, 7) is 6.21. The number of hydrogen-bond acceptors (Lipinski definition) is 3. The summed E-state index contributed by atoms with van der Waals surface area (Å²) in [7, 11) is 0. The molecule has 4 nitrogen and oxygen atoms in total. The van der Waals surface area contributed by atoms with Crippen molar-refractivity contribution in [1.29, 1.82) is 0 Å². The van der Waals surface area contributed by atoms with Crippen LogP contribution < -0.4 is 10.6 Å². The van der Waals surface area contributed by atoms with E-state index in [1.54, 1.807) is 24.5 Å². The third kappa shape index (κ3) is 4.93. The molecular formula is C14H23Cl2N3O. The smallest absolute Gasteiger partial charge is 0.252 e. The second kappa shape index (κ2) is 8.45. The predicted octanol–water partition coefficient (Wildman–Crippen LogP) is 2.43. The summed E-state index contributed by atoms with van der Waals surface area (Å²) in [5.74, 6) is -0.0497. The molecule has 0 saturated carbocycles. The minimum atomic E-state index is -0.0497. The molecule has 1 amide bonds. The molecule has 2 heterocycles. The number of carbonyl (C=O) groups is 1. The van der Waals surface area contributed by atoms with Gasteiger partial charge in [0.2, 0.25) is 0 Å². The van der Waals surface area contributed by atoms with Gasteiger partial charge in [-0.15, -0.1) is 24.8 Å². The minimum absolute atomic E-state index is 0. The zero-order valence-electron chi connectivity index (χ0n) is 11.9. The second-order valence-corrected chi connectivity index (χ2v) is 5.55. The van der Waals surface area contributed by atoms with Gasteiger partial charge in [0.15, 0.2) is 0 Å². The Labute approximate surface area is 132 Å². The van der Waals surface area contributed by atoms with E-state index >= 15 is 0 Å². The molecule has 1 aliphatic heterocycles. The van der Waals surface area contributed by atoms with E-state index < -0.39 is 0 Å². The summed E-state index contributed by atoms with van der Waals surface area (Å²) in [4.78, 5) is 15.9. The zero-order chi connectivity index (χ0) is 13.0. The van der Waals surface area contributed by atoms with E-state index in [0.717, 1.165) is 6.54 Å². The predicted molar refractivity (Wildman–Crippen MR) is 85.9 cm³/mol. The van der Waals surface area contributed by atoms with Crippen molar-refractivity contribution in [3.8, 4) is 0 Å². The zero-order valence-corrected chi connectivity index (χ0v) is 13.5. The molecule has 1 unspecified atom stereocenters. The maximum absolute atomic E-state index is 11.9. The Morgan fingerprint density at radius 2 is 2.25 bits per heavy atom. The number of halogens is 2. The highest BCUT2D eigenvalue weighted by Gasteiger charge is 2.31. The molecule has 0 spiro atoms. The minimum Gasteiger partial charge on any atom is -0.350 e. The van der Waals surface area contributed by atoms with Crippen LogP contribution in [-0.4, -0.2) is 30.0 Å². The van der Waals surface area contributed by atoms with Crippen molar-refractivity contribution >= 4 is 30.7 Å². The SMILES string of the molecule is CC1(C)CCCNC1CNC(=O)c1cccnc1.Cl.Cl. The van der Waals surface area contributed by atoms with E-state index in [2.05, 4.69) is 29.5 Å². The fourth-order valence-corrected chi connectivity index (χ4v) is 2.41. The molecule has 6 heteroatoms. The Morgan fingerprint density at radius 3 is 2.85 bits per heavy atom. The van der Waals surface area contributed by atoms with Gasteiger partial charge in [-0.05, 0) is 36.9 Å². The second-order valence-electron chi connectivity index (χ2n) is 5.55. The lowest BCUT2D eigenvalue weighted by Crippen LogP contribution is -2.52. The average molecular weight is 320 g/mol. The van der Waals surface area contributed by atoms with Crippen molar-refractivity contribution in [3.63, 3.8) is 0 Å². The van der Waals surface area contributed by atoms with E-state index in [1.807, 2.05) is 0 Å². The van der Waals surface area contributed by atoms with E-state index in [0.29, 0.717) is 18.2 Å². The largest absolute Gasteiger partial charge is 0.350 e. The lowest BCUT2D eigenvalue weighted by atomic mass is 9.77. The number of nitrogens with one attached hydrogen (secondary N) is 2. The van der Waals surface area contributed by atoms with Gasteiger partial charge in [0, 0.05) is 25.0 Å². The fraction of sp³-hybridized carbons (Fsp3) is 0.571. The topological polar surface area (TPSA) is 54.0 Å². The van der Waals surface area contributed by atoms with Crippen LogP contribution in [0.3, 0.4) is 0 Å². The average Bonchev–Trinajstić information content (AvgIpc) is 2.38. The van der Waals surface area contributed by atoms with E-state index in [4.69, 9.17) is 0 Å². The van der Waals surface area contributed by atoms with Crippen LogP contribution in [0.15, 0.2) is 24.5 Å². The molecule has 114 valence electrons. The van der Waals surface area contributed by atoms with Crippen LogP contribution in [0.2, 0.25) is 0 Å². The lowest BCUT2D eigenvalue weighted by molar-refractivity contribution is 0.0928. The molecule has 2 rings (SSSR count). The molecule has 1 aliphatic rings. The third-order valence-electron chi connectivity index (χ3n) is 3.72. The van der Waals surface area contributed by atoms with Gasteiger partial charge in [-0.1, -0.05) is 13.8 Å². The highest BCUT2D eigenvalue weighted by atomic mass is 35.5. The van der Waals surface area contributed by atoms with Crippen LogP contribution >= 0.6 is 24.8 Å². The molecule has 1 fully saturated rings. The van der Waals surface area contributed by atoms with Crippen LogP contribution in [0.1, 0.15) is 37.0 Å². The Bertz CT molecular complexity index is 412. The third-order valence-corrected chi connectivity index (χ3v) is 3.72. The van der Waals surface area contributed by atoms with Crippen molar-refractivity contribution in [3.05, 3.63) is 30.1 Å². The van der Waals surface area contributed by atoms with Crippen molar-refractivity contribution in [1.82, 2.24) is 15.6 Å². The monoisotopic (exact) mass is 319 g/mol. The number of aromatic nitrogens is 1. The number of pyridine rings is 1. The maximum atomic E-state index is 11.9. The van der Waals surface area contributed by atoms with E-state index in [9.17, 15) is 4.79 Å². The number of amides is 1. The summed E-state index contributed by atoms with van der Waals surface area (Å²) in [5.41, 5.74) is 0.853. The van der Waals surface area contributed by atoms with Crippen LogP contribution in [0.4, 0.5) is 0 Å². The Hall–Kier alpha value is -0.840. The summed E-state index contributed by atoms with van der Waals surface area (Å²) >= 11 is 0. The van der Waals surface area contributed by atoms with Gasteiger partial charge in [0.05, 0.1) is 5.56 Å². The highest BCUT2D eigenvalue weighted by molar-refractivity contribution is 5.93. The molecule has 1 aromatic rings. The quantitative estimate of drug-likeness (QED) is 0.899.